The van der Waals surface area contributed by atoms with Gasteiger partial charge in [-0.05, 0) is 38.5 Å². The minimum Gasteiger partial charge on any atom is -0.366 e. The van der Waals surface area contributed by atoms with Crippen LogP contribution in [0.3, 0.4) is 0 Å². The van der Waals surface area contributed by atoms with E-state index in [-0.39, 0.29) is 52.5 Å². The van der Waals surface area contributed by atoms with Crippen LogP contribution in [0.15, 0.2) is 12.2 Å². The van der Waals surface area contributed by atoms with E-state index in [1.165, 1.54) is 30.9 Å². The second kappa shape index (κ2) is 11.8. The Bertz CT molecular complexity index is 644. The van der Waals surface area contributed by atoms with E-state index < -0.39 is 11.2 Å². The highest BCUT2D eigenvalue weighted by molar-refractivity contribution is 6.12. The minimum atomic E-state index is -1.24. The first-order valence-corrected chi connectivity index (χ1v) is 10.3. The van der Waals surface area contributed by atoms with Crippen molar-refractivity contribution in [3.8, 4) is 0 Å². The molecule has 3 N–H and O–H groups in total. The van der Waals surface area contributed by atoms with E-state index in [4.69, 9.17) is 4.74 Å². The third kappa shape index (κ3) is 11.1. The van der Waals surface area contributed by atoms with Gasteiger partial charge in [0.2, 0.25) is 11.8 Å². The van der Waals surface area contributed by atoms with Crippen LogP contribution in [0.25, 0.3) is 0 Å². The predicted molar refractivity (Wildman–Crippen MR) is 115 cm³/mol. The number of rotatable bonds is 14. The molecule has 0 atom stereocenters. The maximum absolute atomic E-state index is 12.0. The van der Waals surface area contributed by atoms with Crippen LogP contribution in [0.4, 0.5) is 0 Å². The van der Waals surface area contributed by atoms with Crippen molar-refractivity contribution in [3.63, 3.8) is 0 Å². The monoisotopic (exact) mass is 429 g/mol. The molecule has 0 aromatic carbocycles. The van der Waals surface area contributed by atoms with Crippen LogP contribution in [0.5, 0.6) is 0 Å². The molecule has 0 aromatic rings. The van der Waals surface area contributed by atoms with Gasteiger partial charge in [0.05, 0.1) is 6.61 Å². The molecule has 174 valence electrons. The molecule has 1 rings (SSSR count). The van der Waals surface area contributed by atoms with Crippen molar-refractivity contribution in [1.29, 1.82) is 0 Å². The van der Waals surface area contributed by atoms with Crippen molar-refractivity contribution in [3.05, 3.63) is 12.2 Å². The largest absolute Gasteiger partial charge is 0.366 e. The molecule has 0 bridgehead atoms. The molecule has 9 heteroatoms. The van der Waals surface area contributed by atoms with Crippen LogP contribution in [0, 0.1) is 5.41 Å². The van der Waals surface area contributed by atoms with Crippen LogP contribution in [-0.2, 0) is 23.9 Å². The number of imide groups is 1. The number of hydrogen-bond donors (Lipinski definition) is 3. The molecule has 4 amide bonds. The average molecular weight is 430 g/mol. The number of hydrogen-bond acceptors (Lipinski definition) is 6. The summed E-state index contributed by atoms with van der Waals surface area (Å²) >= 11 is 0. The number of nitrogens with zero attached hydrogens (tertiary/aromatic N) is 1. The predicted octanol–water partition coefficient (Wildman–Crippen LogP) is 1.36. The summed E-state index contributed by atoms with van der Waals surface area (Å²) in [6.07, 6.45) is 5.18. The SMILES string of the molecule is CC(C)(COC(C)(C)O)CC(=O)NCCC(=O)NCCCCCN1C(=O)C=CC1=O.[HH].[HH]. The molecule has 0 aliphatic carbocycles. The van der Waals surface area contributed by atoms with Crippen LogP contribution in [-0.4, -0.2) is 65.7 Å². The molecule has 0 saturated carbocycles. The van der Waals surface area contributed by atoms with E-state index in [1.54, 1.807) is 0 Å². The van der Waals surface area contributed by atoms with E-state index in [1.807, 2.05) is 13.8 Å². The molecule has 1 aliphatic rings. The number of aliphatic hydroxyl groups is 1. The Morgan fingerprint density at radius 1 is 1.00 bits per heavy atom. The van der Waals surface area contributed by atoms with E-state index in [0.29, 0.717) is 19.5 Å². The van der Waals surface area contributed by atoms with Gasteiger partial charge in [-0.2, -0.15) is 0 Å². The molecule has 0 saturated heterocycles. The highest BCUT2D eigenvalue weighted by atomic mass is 16.6. The fourth-order valence-corrected chi connectivity index (χ4v) is 2.78. The van der Waals surface area contributed by atoms with Crippen molar-refractivity contribution in [1.82, 2.24) is 15.5 Å². The molecule has 0 fully saturated rings. The van der Waals surface area contributed by atoms with Gasteiger partial charge in [0.15, 0.2) is 5.79 Å². The number of nitrogens with one attached hydrogen (secondary N) is 2. The lowest BCUT2D eigenvalue weighted by molar-refractivity contribution is -0.192. The Balaban J connectivity index is 0. The van der Waals surface area contributed by atoms with Gasteiger partial charge in [-0.25, -0.2) is 0 Å². The van der Waals surface area contributed by atoms with Gasteiger partial charge in [-0.1, -0.05) is 13.8 Å². The normalized spacial score (nSPS) is 14.4. The maximum atomic E-state index is 12.0. The van der Waals surface area contributed by atoms with E-state index in [2.05, 4.69) is 10.6 Å². The van der Waals surface area contributed by atoms with Crippen LogP contribution >= 0.6 is 0 Å². The van der Waals surface area contributed by atoms with Crippen LogP contribution in [0.1, 0.15) is 62.7 Å². The van der Waals surface area contributed by atoms with Gasteiger partial charge in [0.1, 0.15) is 0 Å². The summed E-state index contributed by atoms with van der Waals surface area (Å²) in [4.78, 5) is 47.9. The molecule has 30 heavy (non-hydrogen) atoms. The van der Waals surface area contributed by atoms with Gasteiger partial charge in [-0.15, -0.1) is 0 Å². The Labute approximate surface area is 181 Å². The molecule has 1 aliphatic heterocycles. The van der Waals surface area contributed by atoms with E-state index in [0.717, 1.165) is 12.8 Å². The quantitative estimate of drug-likeness (QED) is 0.217. The van der Waals surface area contributed by atoms with E-state index in [9.17, 15) is 24.3 Å². The molecule has 0 aromatic heterocycles. The zero-order chi connectivity index (χ0) is 22.8. The Morgan fingerprint density at radius 2 is 1.60 bits per heavy atom. The molecular weight excluding hydrogens is 390 g/mol. The maximum Gasteiger partial charge on any atom is 0.253 e. The number of amides is 4. The molecule has 0 spiro atoms. The minimum absolute atomic E-state index is 0. The zero-order valence-corrected chi connectivity index (χ0v) is 18.5. The zero-order valence-electron chi connectivity index (χ0n) is 18.5. The smallest absolute Gasteiger partial charge is 0.253 e. The highest BCUT2D eigenvalue weighted by Gasteiger charge is 2.26. The fourth-order valence-electron chi connectivity index (χ4n) is 2.78. The Kier molecular flexibility index (Phi) is 10.1. The lowest BCUT2D eigenvalue weighted by Crippen LogP contribution is -2.36. The first kappa shape index (κ1) is 25.8. The lowest BCUT2D eigenvalue weighted by atomic mass is 9.90. The summed E-state index contributed by atoms with van der Waals surface area (Å²) in [5.74, 6) is -2.11. The molecular formula is C21H39N3O6. The van der Waals surface area contributed by atoms with Crippen LogP contribution in [0.2, 0.25) is 0 Å². The third-order valence-corrected chi connectivity index (χ3v) is 4.41. The van der Waals surface area contributed by atoms with Crippen LogP contribution < -0.4 is 10.6 Å². The number of carbonyl (C=O) groups is 4. The van der Waals surface area contributed by atoms with Crippen molar-refractivity contribution >= 4 is 23.6 Å². The Morgan fingerprint density at radius 3 is 2.20 bits per heavy atom. The highest BCUT2D eigenvalue weighted by Crippen LogP contribution is 2.22. The standard InChI is InChI=1S/C21H35N3O6.2H2/c1-20(2,15-30-21(3,4)29)14-17(26)23-12-10-16(25)22-11-6-5-7-13-24-18(27)8-9-19(24)28;;/h8-9,29H,5-7,10-15H2,1-4H3,(H,22,25)(H,23,26);2*1H. The summed E-state index contributed by atoms with van der Waals surface area (Å²) < 4.78 is 5.32. The first-order chi connectivity index (χ1) is 13.9. The number of carbonyl (C=O) groups excluding carboxylic acids is 4. The van der Waals surface area contributed by atoms with Crippen molar-refractivity contribution in [2.45, 2.75) is 65.6 Å². The second-order valence-corrected chi connectivity index (χ2v) is 8.75. The third-order valence-electron chi connectivity index (χ3n) is 4.41. The molecule has 1 heterocycles. The molecule has 0 radical (unpaired) electrons. The topological polar surface area (TPSA) is 125 Å². The lowest BCUT2D eigenvalue weighted by Gasteiger charge is -2.28. The number of unbranched alkanes of at least 4 members (excludes halogenated alkanes) is 2. The summed E-state index contributed by atoms with van der Waals surface area (Å²) in [5, 5.41) is 15.1. The molecule has 0 unspecified atom stereocenters. The summed E-state index contributed by atoms with van der Waals surface area (Å²) in [6, 6.07) is 0. The summed E-state index contributed by atoms with van der Waals surface area (Å²) in [6.45, 7) is 8.20. The van der Waals surface area contributed by atoms with E-state index >= 15 is 0 Å². The van der Waals surface area contributed by atoms with Crippen molar-refractivity contribution in [2.75, 3.05) is 26.2 Å². The van der Waals surface area contributed by atoms with Gasteiger partial charge in [-0.3, -0.25) is 24.1 Å². The van der Waals surface area contributed by atoms with Gasteiger partial charge < -0.3 is 20.5 Å². The van der Waals surface area contributed by atoms with Gasteiger partial charge in [0, 0.05) is 47.5 Å². The van der Waals surface area contributed by atoms with Gasteiger partial charge in [0.25, 0.3) is 11.8 Å². The summed E-state index contributed by atoms with van der Waals surface area (Å²) in [7, 11) is 0. The Hall–Kier alpha value is -2.26. The van der Waals surface area contributed by atoms with Gasteiger partial charge >= 0.3 is 0 Å². The fraction of sp³-hybridized carbons (Fsp3) is 0.714. The summed E-state index contributed by atoms with van der Waals surface area (Å²) in [5.41, 5.74) is -0.438. The van der Waals surface area contributed by atoms with Crippen molar-refractivity contribution in [2.24, 2.45) is 5.41 Å². The average Bonchev–Trinajstić information content (AvgIpc) is 2.94. The second-order valence-electron chi connectivity index (χ2n) is 8.75. The number of ether oxygens (including phenoxy) is 1. The first-order valence-electron chi connectivity index (χ1n) is 10.3. The van der Waals surface area contributed by atoms with Crippen molar-refractivity contribution < 1.29 is 31.9 Å². The molecule has 9 nitrogen and oxygen atoms in total.